The van der Waals surface area contributed by atoms with Crippen LogP contribution in [-0.4, -0.2) is 23.7 Å². The Hall–Kier alpha value is -2.55. The number of thiophene rings is 1. The number of para-hydroxylation sites is 2. The molecule has 2 unspecified atom stereocenters. The number of alkyl halides is 3. The number of amides is 1. The molecule has 3 atom stereocenters. The molecule has 148 valence electrons. The van der Waals surface area contributed by atoms with E-state index in [0.717, 1.165) is 21.7 Å². The lowest BCUT2D eigenvalue weighted by atomic mass is 10.2. The van der Waals surface area contributed by atoms with Crippen molar-refractivity contribution >= 4 is 28.3 Å². The first-order valence-electron chi connectivity index (χ1n) is 8.75. The minimum absolute atomic E-state index is 0.0476. The molecule has 1 fully saturated rings. The van der Waals surface area contributed by atoms with E-state index in [1.807, 2.05) is 24.3 Å². The Morgan fingerprint density at radius 3 is 2.89 bits per heavy atom. The van der Waals surface area contributed by atoms with E-state index in [9.17, 15) is 18.0 Å². The van der Waals surface area contributed by atoms with Crippen molar-refractivity contribution < 1.29 is 27.1 Å². The molecule has 1 aliphatic carbocycles. The van der Waals surface area contributed by atoms with Crippen LogP contribution in [0.25, 0.3) is 11.1 Å². The number of ether oxygens (including phenoxy) is 1. The lowest BCUT2D eigenvalue weighted by molar-refractivity contribution is -0.152. The highest BCUT2D eigenvalue weighted by molar-refractivity contribution is 7.13. The summed E-state index contributed by atoms with van der Waals surface area (Å²) in [4.78, 5) is 17.7. The largest absolute Gasteiger partial charge is 0.475 e. The van der Waals surface area contributed by atoms with E-state index in [1.165, 1.54) is 6.07 Å². The van der Waals surface area contributed by atoms with Crippen molar-refractivity contribution in [3.8, 4) is 5.06 Å². The van der Waals surface area contributed by atoms with Crippen LogP contribution in [0.5, 0.6) is 5.06 Å². The number of aromatic nitrogens is 1. The van der Waals surface area contributed by atoms with Gasteiger partial charge in [0.25, 0.3) is 0 Å². The third-order valence-electron chi connectivity index (χ3n) is 4.52. The van der Waals surface area contributed by atoms with Crippen molar-refractivity contribution in [1.29, 1.82) is 0 Å². The van der Waals surface area contributed by atoms with Gasteiger partial charge in [0.2, 0.25) is 5.91 Å². The standard InChI is InChI=1S/C19H17F3N2O3S/c1-10(15-6-7-16(28-15)26-9-19(20,21)22)23-17(25)11-8-12(11)18-24-13-4-2-3-5-14(13)27-18/h2-7,10-12H,8-9H2,1H3,(H,23,25)/t10-,11?,12?/m1/s1. The molecule has 0 aliphatic heterocycles. The number of nitrogens with zero attached hydrogens (tertiary/aromatic N) is 1. The summed E-state index contributed by atoms with van der Waals surface area (Å²) in [6, 6.07) is 10.2. The number of rotatable bonds is 6. The van der Waals surface area contributed by atoms with Gasteiger partial charge in [-0.15, -0.1) is 11.3 Å². The van der Waals surface area contributed by atoms with E-state index in [0.29, 0.717) is 17.9 Å². The van der Waals surface area contributed by atoms with E-state index < -0.39 is 12.8 Å². The van der Waals surface area contributed by atoms with Gasteiger partial charge in [-0.1, -0.05) is 12.1 Å². The minimum Gasteiger partial charge on any atom is -0.475 e. The average molecular weight is 410 g/mol. The van der Waals surface area contributed by atoms with Crippen LogP contribution in [0, 0.1) is 5.92 Å². The molecule has 2 heterocycles. The van der Waals surface area contributed by atoms with E-state index in [2.05, 4.69) is 10.3 Å². The molecule has 0 radical (unpaired) electrons. The molecule has 1 aliphatic rings. The summed E-state index contributed by atoms with van der Waals surface area (Å²) in [5, 5.41) is 3.07. The molecule has 0 spiro atoms. The van der Waals surface area contributed by atoms with Crippen molar-refractivity contribution in [1.82, 2.24) is 10.3 Å². The molecule has 1 aromatic carbocycles. The Labute approximate surface area is 162 Å². The van der Waals surface area contributed by atoms with Crippen LogP contribution in [0.1, 0.15) is 36.1 Å². The number of carbonyl (C=O) groups is 1. The Bertz CT molecular complexity index is 965. The van der Waals surface area contributed by atoms with Crippen LogP contribution in [0.3, 0.4) is 0 Å². The van der Waals surface area contributed by atoms with Crippen LogP contribution in [0.2, 0.25) is 0 Å². The topological polar surface area (TPSA) is 64.4 Å². The molecule has 1 amide bonds. The molecule has 2 aromatic heterocycles. The van der Waals surface area contributed by atoms with Gasteiger partial charge in [0.1, 0.15) is 5.52 Å². The summed E-state index contributed by atoms with van der Waals surface area (Å²) < 4.78 is 47.1. The predicted octanol–water partition coefficient (Wildman–Crippen LogP) is 4.81. The SMILES string of the molecule is C[C@@H](NC(=O)C1CC1c1nc2ccccc2o1)c1ccc(OCC(F)(F)F)s1. The van der Waals surface area contributed by atoms with E-state index in [-0.39, 0.29) is 28.8 Å². The van der Waals surface area contributed by atoms with E-state index >= 15 is 0 Å². The fraction of sp³-hybridized carbons (Fsp3) is 0.368. The fourth-order valence-electron chi connectivity index (χ4n) is 3.00. The maximum absolute atomic E-state index is 12.5. The Kier molecular flexibility index (Phi) is 4.78. The molecular formula is C19H17F3N2O3S. The second kappa shape index (κ2) is 7.12. The van der Waals surface area contributed by atoms with Gasteiger partial charge in [0, 0.05) is 10.8 Å². The highest BCUT2D eigenvalue weighted by Crippen LogP contribution is 2.48. The molecule has 0 bridgehead atoms. The first-order chi connectivity index (χ1) is 13.3. The first kappa shape index (κ1) is 18.8. The normalized spacial score (nSPS) is 20.1. The van der Waals surface area contributed by atoms with Crippen LogP contribution < -0.4 is 10.1 Å². The highest BCUT2D eigenvalue weighted by atomic mass is 32.1. The van der Waals surface area contributed by atoms with Crippen LogP contribution in [0.15, 0.2) is 40.8 Å². The number of hydrogen-bond acceptors (Lipinski definition) is 5. The number of carbonyl (C=O) groups excluding carboxylic acids is 1. The van der Waals surface area contributed by atoms with Gasteiger partial charge in [-0.05, 0) is 37.6 Å². The zero-order valence-electron chi connectivity index (χ0n) is 14.8. The molecule has 1 saturated carbocycles. The molecule has 4 rings (SSSR count). The lowest BCUT2D eigenvalue weighted by Crippen LogP contribution is -2.27. The molecule has 9 heteroatoms. The average Bonchev–Trinajstić information content (AvgIpc) is 3.11. The second-order valence-electron chi connectivity index (χ2n) is 6.76. The number of benzene rings is 1. The highest BCUT2D eigenvalue weighted by Gasteiger charge is 2.47. The van der Waals surface area contributed by atoms with E-state index in [4.69, 9.17) is 9.15 Å². The van der Waals surface area contributed by atoms with Gasteiger partial charge >= 0.3 is 6.18 Å². The molecule has 28 heavy (non-hydrogen) atoms. The first-order valence-corrected chi connectivity index (χ1v) is 9.57. The summed E-state index contributed by atoms with van der Waals surface area (Å²) >= 11 is 1.09. The fourth-order valence-corrected chi connectivity index (χ4v) is 3.85. The van der Waals surface area contributed by atoms with Gasteiger partial charge in [0.15, 0.2) is 23.1 Å². The summed E-state index contributed by atoms with van der Waals surface area (Å²) in [6.45, 7) is 0.454. The maximum Gasteiger partial charge on any atom is 0.422 e. The number of oxazole rings is 1. The van der Waals surface area contributed by atoms with Crippen LogP contribution in [-0.2, 0) is 4.79 Å². The number of hydrogen-bond donors (Lipinski definition) is 1. The molecule has 1 N–H and O–H groups in total. The summed E-state index contributed by atoms with van der Waals surface area (Å²) in [6.07, 6.45) is -3.72. The Morgan fingerprint density at radius 1 is 1.36 bits per heavy atom. The van der Waals surface area contributed by atoms with Crippen molar-refractivity contribution in [2.45, 2.75) is 31.5 Å². The van der Waals surface area contributed by atoms with Crippen LogP contribution >= 0.6 is 11.3 Å². The van der Waals surface area contributed by atoms with Gasteiger partial charge in [-0.3, -0.25) is 4.79 Å². The van der Waals surface area contributed by atoms with Gasteiger partial charge in [0.05, 0.1) is 12.0 Å². The van der Waals surface area contributed by atoms with Crippen molar-refractivity contribution in [3.05, 3.63) is 47.2 Å². The third-order valence-corrected chi connectivity index (χ3v) is 5.70. The van der Waals surface area contributed by atoms with E-state index in [1.54, 1.807) is 13.0 Å². The third kappa shape index (κ3) is 4.14. The Morgan fingerprint density at radius 2 is 2.14 bits per heavy atom. The quantitative estimate of drug-likeness (QED) is 0.633. The van der Waals surface area contributed by atoms with Gasteiger partial charge in [-0.25, -0.2) is 4.98 Å². The predicted molar refractivity (Wildman–Crippen MR) is 97.3 cm³/mol. The van der Waals surface area contributed by atoms with Crippen molar-refractivity contribution in [2.75, 3.05) is 6.61 Å². The lowest BCUT2D eigenvalue weighted by Gasteiger charge is -2.12. The summed E-state index contributed by atoms with van der Waals surface area (Å²) in [7, 11) is 0. The summed E-state index contributed by atoms with van der Waals surface area (Å²) in [5.41, 5.74) is 1.46. The van der Waals surface area contributed by atoms with Crippen molar-refractivity contribution in [2.24, 2.45) is 5.92 Å². The Balaban J connectivity index is 1.33. The number of halogens is 3. The van der Waals surface area contributed by atoms with Crippen LogP contribution in [0.4, 0.5) is 13.2 Å². The zero-order valence-corrected chi connectivity index (χ0v) is 15.6. The number of fused-ring (bicyclic) bond motifs is 1. The maximum atomic E-state index is 12.5. The second-order valence-corrected chi connectivity index (χ2v) is 7.84. The molecule has 5 nitrogen and oxygen atoms in total. The van der Waals surface area contributed by atoms with Gasteiger partial charge < -0.3 is 14.5 Å². The molecular weight excluding hydrogens is 393 g/mol. The number of nitrogens with one attached hydrogen (secondary N) is 1. The van der Waals surface area contributed by atoms with Crippen molar-refractivity contribution in [3.63, 3.8) is 0 Å². The molecule has 0 saturated heterocycles. The summed E-state index contributed by atoms with van der Waals surface area (Å²) in [5.74, 6) is 0.184. The smallest absolute Gasteiger partial charge is 0.422 e. The molecule has 3 aromatic rings. The minimum atomic E-state index is -4.38. The zero-order chi connectivity index (χ0) is 19.9. The van der Waals surface area contributed by atoms with Gasteiger partial charge in [-0.2, -0.15) is 13.2 Å². The monoisotopic (exact) mass is 410 g/mol.